The van der Waals surface area contributed by atoms with Crippen LogP contribution < -0.4 is 10.6 Å². The summed E-state index contributed by atoms with van der Waals surface area (Å²) >= 11 is 0. The van der Waals surface area contributed by atoms with E-state index in [9.17, 15) is 4.79 Å². The number of hydrogen-bond acceptors (Lipinski definition) is 2. The van der Waals surface area contributed by atoms with Crippen molar-refractivity contribution in [2.75, 3.05) is 6.54 Å². The van der Waals surface area contributed by atoms with Crippen LogP contribution >= 0.6 is 12.4 Å². The highest BCUT2D eigenvalue weighted by Gasteiger charge is 2.28. The van der Waals surface area contributed by atoms with E-state index in [1.165, 1.54) is 0 Å². The lowest BCUT2D eigenvalue weighted by Gasteiger charge is -2.36. The molecule has 0 aromatic heterocycles. The Bertz CT molecular complexity index is 253. The van der Waals surface area contributed by atoms with Crippen molar-refractivity contribution in [3.63, 3.8) is 0 Å². The molecule has 1 aliphatic rings. The molecule has 3 atom stereocenters. The number of amides is 1. The van der Waals surface area contributed by atoms with Gasteiger partial charge in [-0.25, -0.2) is 0 Å². The fraction of sp³-hybridized carbons (Fsp3) is 0.929. The third-order valence-corrected chi connectivity index (χ3v) is 3.65. The second-order valence-corrected chi connectivity index (χ2v) is 6.66. The molecule has 108 valence electrons. The van der Waals surface area contributed by atoms with Crippen LogP contribution in [-0.4, -0.2) is 24.5 Å². The Kier molecular flexibility index (Phi) is 7.23. The highest BCUT2D eigenvalue weighted by Crippen LogP contribution is 2.21. The van der Waals surface area contributed by atoms with E-state index in [2.05, 4.69) is 45.3 Å². The van der Waals surface area contributed by atoms with E-state index in [-0.39, 0.29) is 29.8 Å². The van der Waals surface area contributed by atoms with Gasteiger partial charge in [-0.3, -0.25) is 4.79 Å². The molecule has 3 nitrogen and oxygen atoms in total. The fourth-order valence-electron chi connectivity index (χ4n) is 2.35. The molecule has 4 heteroatoms. The Morgan fingerprint density at radius 3 is 2.44 bits per heavy atom. The molecule has 0 spiro atoms. The molecule has 0 aromatic carbocycles. The Hall–Kier alpha value is -0.280. The van der Waals surface area contributed by atoms with Gasteiger partial charge in [0, 0.05) is 18.5 Å². The molecule has 1 aliphatic heterocycles. The number of carbonyl (C=O) groups excluding carboxylic acids is 1. The Morgan fingerprint density at radius 2 is 1.94 bits per heavy atom. The van der Waals surface area contributed by atoms with Crippen LogP contribution in [0.15, 0.2) is 0 Å². The minimum absolute atomic E-state index is 0. The lowest BCUT2D eigenvalue weighted by Crippen LogP contribution is -2.55. The first-order valence-corrected chi connectivity index (χ1v) is 6.82. The zero-order chi connectivity index (χ0) is 13.1. The van der Waals surface area contributed by atoms with E-state index in [1.807, 2.05) is 0 Å². The quantitative estimate of drug-likeness (QED) is 0.832. The van der Waals surface area contributed by atoms with Crippen molar-refractivity contribution < 1.29 is 4.79 Å². The maximum atomic E-state index is 11.9. The molecule has 1 saturated heterocycles. The van der Waals surface area contributed by atoms with Crippen LogP contribution in [0.25, 0.3) is 0 Å². The largest absolute Gasteiger partial charge is 0.352 e. The second-order valence-electron chi connectivity index (χ2n) is 6.66. The number of piperidine rings is 1. The van der Waals surface area contributed by atoms with Crippen molar-refractivity contribution in [3.8, 4) is 0 Å². The summed E-state index contributed by atoms with van der Waals surface area (Å²) in [6.07, 6.45) is 2.73. The zero-order valence-corrected chi connectivity index (χ0v) is 13.2. The number of carbonyl (C=O) groups is 1. The van der Waals surface area contributed by atoms with Crippen LogP contribution in [0.5, 0.6) is 0 Å². The Morgan fingerprint density at radius 1 is 1.33 bits per heavy atom. The minimum Gasteiger partial charge on any atom is -0.352 e. The Balaban J connectivity index is 0.00000289. The summed E-state index contributed by atoms with van der Waals surface area (Å²) in [4.78, 5) is 11.9. The number of hydrogen-bond donors (Lipinski definition) is 2. The normalized spacial score (nSPS) is 28.4. The van der Waals surface area contributed by atoms with E-state index in [0.29, 0.717) is 18.4 Å². The van der Waals surface area contributed by atoms with Crippen LogP contribution in [0.1, 0.15) is 53.9 Å². The molecular formula is C14H29ClN2O. The van der Waals surface area contributed by atoms with E-state index < -0.39 is 0 Å². The van der Waals surface area contributed by atoms with Gasteiger partial charge in [0.05, 0.1) is 0 Å². The van der Waals surface area contributed by atoms with Crippen LogP contribution in [0.4, 0.5) is 0 Å². The van der Waals surface area contributed by atoms with Gasteiger partial charge in [0.15, 0.2) is 0 Å². The fourth-order valence-corrected chi connectivity index (χ4v) is 2.35. The van der Waals surface area contributed by atoms with E-state index in [4.69, 9.17) is 0 Å². The smallest absolute Gasteiger partial charge is 0.220 e. The molecule has 0 aliphatic carbocycles. The molecule has 0 aromatic rings. The molecule has 2 N–H and O–H groups in total. The van der Waals surface area contributed by atoms with Gasteiger partial charge < -0.3 is 10.6 Å². The van der Waals surface area contributed by atoms with Crippen molar-refractivity contribution in [1.29, 1.82) is 0 Å². The van der Waals surface area contributed by atoms with Crippen molar-refractivity contribution in [2.45, 2.75) is 66.0 Å². The Labute approximate surface area is 118 Å². The molecule has 18 heavy (non-hydrogen) atoms. The predicted octanol–water partition coefficient (Wildman–Crippen LogP) is 2.74. The van der Waals surface area contributed by atoms with Gasteiger partial charge in [-0.05, 0) is 37.6 Å². The zero-order valence-electron chi connectivity index (χ0n) is 12.4. The standard InChI is InChI=1S/C14H28N2O.ClH/c1-10-7-9-15-11(2)13(10)16-12(17)6-8-14(3,4)5;/h10-11,13,15H,6-9H2,1-5H3,(H,16,17);1H. The van der Waals surface area contributed by atoms with Gasteiger partial charge in [-0.15, -0.1) is 12.4 Å². The topological polar surface area (TPSA) is 41.1 Å². The number of halogens is 1. The SMILES string of the molecule is CC1CCNC(C)C1NC(=O)CCC(C)(C)C.Cl. The van der Waals surface area contributed by atoms with Gasteiger partial charge in [0.25, 0.3) is 0 Å². The minimum atomic E-state index is 0. The van der Waals surface area contributed by atoms with Gasteiger partial charge >= 0.3 is 0 Å². The van der Waals surface area contributed by atoms with Gasteiger partial charge in [-0.1, -0.05) is 27.7 Å². The predicted molar refractivity (Wildman–Crippen MR) is 79.1 cm³/mol. The maximum Gasteiger partial charge on any atom is 0.220 e. The summed E-state index contributed by atoms with van der Waals surface area (Å²) in [6, 6.07) is 0.675. The number of nitrogens with one attached hydrogen (secondary N) is 2. The summed E-state index contributed by atoms with van der Waals surface area (Å²) in [7, 11) is 0. The molecule has 0 radical (unpaired) electrons. The summed E-state index contributed by atoms with van der Waals surface area (Å²) in [5.74, 6) is 0.775. The van der Waals surface area contributed by atoms with Crippen molar-refractivity contribution in [2.24, 2.45) is 11.3 Å². The summed E-state index contributed by atoms with van der Waals surface area (Å²) in [6.45, 7) is 12.0. The summed E-state index contributed by atoms with van der Waals surface area (Å²) in [5.41, 5.74) is 0.236. The van der Waals surface area contributed by atoms with Crippen molar-refractivity contribution in [3.05, 3.63) is 0 Å². The number of rotatable bonds is 3. The van der Waals surface area contributed by atoms with Crippen molar-refractivity contribution in [1.82, 2.24) is 10.6 Å². The van der Waals surface area contributed by atoms with Gasteiger partial charge in [-0.2, -0.15) is 0 Å². The average molecular weight is 277 g/mol. The second kappa shape index (κ2) is 7.34. The molecule has 3 unspecified atom stereocenters. The van der Waals surface area contributed by atoms with Gasteiger partial charge in [0.2, 0.25) is 5.91 Å². The van der Waals surface area contributed by atoms with Crippen molar-refractivity contribution >= 4 is 18.3 Å². The highest BCUT2D eigenvalue weighted by molar-refractivity contribution is 5.85. The maximum absolute atomic E-state index is 11.9. The lowest BCUT2D eigenvalue weighted by molar-refractivity contribution is -0.123. The molecule has 1 amide bonds. The van der Waals surface area contributed by atoms with E-state index in [0.717, 1.165) is 19.4 Å². The first-order chi connectivity index (χ1) is 7.79. The van der Waals surface area contributed by atoms with Gasteiger partial charge in [0.1, 0.15) is 0 Å². The highest BCUT2D eigenvalue weighted by atomic mass is 35.5. The summed E-state index contributed by atoms with van der Waals surface area (Å²) < 4.78 is 0. The molecular weight excluding hydrogens is 248 g/mol. The van der Waals surface area contributed by atoms with Crippen LogP contribution in [0, 0.1) is 11.3 Å². The first-order valence-electron chi connectivity index (χ1n) is 6.82. The molecule has 0 bridgehead atoms. The molecule has 1 heterocycles. The summed E-state index contributed by atoms with van der Waals surface area (Å²) in [5, 5.41) is 6.61. The third kappa shape index (κ3) is 6.05. The lowest BCUT2D eigenvalue weighted by atomic mass is 9.88. The van der Waals surface area contributed by atoms with E-state index >= 15 is 0 Å². The first kappa shape index (κ1) is 17.7. The van der Waals surface area contributed by atoms with Crippen LogP contribution in [-0.2, 0) is 4.79 Å². The van der Waals surface area contributed by atoms with Crippen LogP contribution in [0.2, 0.25) is 0 Å². The third-order valence-electron chi connectivity index (χ3n) is 3.65. The van der Waals surface area contributed by atoms with Crippen LogP contribution in [0.3, 0.4) is 0 Å². The molecule has 1 rings (SSSR count). The molecule has 1 fully saturated rings. The monoisotopic (exact) mass is 276 g/mol. The molecule has 0 saturated carbocycles. The average Bonchev–Trinajstić information content (AvgIpc) is 2.20. The van der Waals surface area contributed by atoms with E-state index in [1.54, 1.807) is 0 Å².